The second-order valence-corrected chi connectivity index (χ2v) is 9.30. The Hall–Kier alpha value is -2.97. The molecule has 0 radical (unpaired) electrons. The van der Waals surface area contributed by atoms with Gasteiger partial charge in [-0.2, -0.15) is 0 Å². The predicted octanol–water partition coefficient (Wildman–Crippen LogP) is 4.66. The van der Waals surface area contributed by atoms with Gasteiger partial charge in [0.2, 0.25) is 11.6 Å². The van der Waals surface area contributed by atoms with Gasteiger partial charge in [-0.3, -0.25) is 4.79 Å². The van der Waals surface area contributed by atoms with E-state index in [1.807, 2.05) is 37.3 Å². The van der Waals surface area contributed by atoms with Crippen molar-refractivity contribution in [3.63, 3.8) is 0 Å². The molecule has 158 valence electrons. The largest absolute Gasteiger partial charge is 0.433 e. The van der Waals surface area contributed by atoms with Crippen LogP contribution in [-0.4, -0.2) is 32.2 Å². The van der Waals surface area contributed by atoms with Crippen LogP contribution in [0.3, 0.4) is 0 Å². The van der Waals surface area contributed by atoms with Crippen molar-refractivity contribution in [1.82, 2.24) is 15.0 Å². The van der Waals surface area contributed by atoms with Crippen molar-refractivity contribution in [2.24, 2.45) is 0 Å². The minimum atomic E-state index is -0.245. The number of aromatic nitrogens is 3. The molecule has 0 bridgehead atoms. The first-order valence-electron chi connectivity index (χ1n) is 10.1. The molecular formula is C23H22N4O3S. The highest BCUT2D eigenvalue weighted by molar-refractivity contribution is 8.00. The van der Waals surface area contributed by atoms with Gasteiger partial charge < -0.3 is 14.5 Å². The lowest BCUT2D eigenvalue weighted by molar-refractivity contribution is -0.113. The summed E-state index contributed by atoms with van der Waals surface area (Å²) in [6.07, 6.45) is 2.22. The van der Waals surface area contributed by atoms with E-state index in [9.17, 15) is 4.79 Å². The first-order valence-corrected chi connectivity index (χ1v) is 11.1. The molecule has 4 aromatic rings. The summed E-state index contributed by atoms with van der Waals surface area (Å²) >= 11 is 1.32. The molecular weight excluding hydrogens is 412 g/mol. The number of hydrogen-bond acceptors (Lipinski definition) is 7. The first kappa shape index (κ1) is 20.0. The molecule has 4 heterocycles. The highest BCUT2D eigenvalue weighted by Gasteiger charge is 2.28. The number of furan rings is 1. The fraction of sp³-hybridized carbons (Fsp3) is 0.304. The molecule has 1 aliphatic rings. The molecule has 1 aliphatic heterocycles. The Bertz CT molecular complexity index is 1300. The lowest BCUT2D eigenvalue weighted by Crippen LogP contribution is -2.32. The summed E-state index contributed by atoms with van der Waals surface area (Å²) in [7, 11) is 0. The van der Waals surface area contributed by atoms with E-state index in [2.05, 4.69) is 29.1 Å². The number of pyridine rings is 1. The topological polar surface area (TPSA) is 90.1 Å². The number of nitrogens with one attached hydrogen (secondary N) is 1. The van der Waals surface area contributed by atoms with E-state index in [4.69, 9.17) is 14.1 Å². The first-order chi connectivity index (χ1) is 14.9. The molecule has 1 aromatic carbocycles. The highest BCUT2D eigenvalue weighted by Crippen LogP contribution is 2.35. The van der Waals surface area contributed by atoms with Gasteiger partial charge in [-0.05, 0) is 39.0 Å². The maximum Gasteiger partial charge on any atom is 0.234 e. The summed E-state index contributed by atoms with van der Waals surface area (Å²) < 4.78 is 12.0. The molecule has 7 nitrogen and oxygen atoms in total. The molecule has 1 N–H and O–H groups in total. The van der Waals surface area contributed by atoms with Crippen LogP contribution in [0.25, 0.3) is 22.2 Å². The molecule has 0 saturated heterocycles. The highest BCUT2D eigenvalue weighted by atomic mass is 32.2. The Labute approximate surface area is 183 Å². The number of benzene rings is 1. The quantitative estimate of drug-likeness (QED) is 0.369. The van der Waals surface area contributed by atoms with Crippen LogP contribution in [0.15, 0.2) is 46.1 Å². The summed E-state index contributed by atoms with van der Waals surface area (Å²) in [5.41, 5.74) is 5.51. The number of aryl methyl sites for hydroxylation is 1. The van der Waals surface area contributed by atoms with Crippen LogP contribution < -0.4 is 5.32 Å². The van der Waals surface area contributed by atoms with E-state index in [-0.39, 0.29) is 17.3 Å². The SMILES string of the molecule is Cc1ccc(NC(=O)CSc2ncnc3c2oc2nc4c(cc23)COC(C)(C)C4)cc1. The number of fused-ring (bicyclic) bond motifs is 4. The van der Waals surface area contributed by atoms with Gasteiger partial charge in [-0.25, -0.2) is 15.0 Å². The number of rotatable bonds is 4. The van der Waals surface area contributed by atoms with Crippen molar-refractivity contribution in [2.75, 3.05) is 11.1 Å². The Balaban J connectivity index is 1.40. The third kappa shape index (κ3) is 4.00. The van der Waals surface area contributed by atoms with Crippen molar-refractivity contribution in [3.05, 3.63) is 53.5 Å². The van der Waals surface area contributed by atoms with E-state index < -0.39 is 0 Å². The number of amides is 1. The van der Waals surface area contributed by atoms with Crippen LogP contribution in [0.5, 0.6) is 0 Å². The van der Waals surface area contributed by atoms with Crippen LogP contribution in [0.1, 0.15) is 30.7 Å². The molecule has 0 spiro atoms. The zero-order valence-corrected chi connectivity index (χ0v) is 18.4. The summed E-state index contributed by atoms with van der Waals surface area (Å²) in [4.78, 5) is 25.9. The van der Waals surface area contributed by atoms with E-state index in [1.165, 1.54) is 18.1 Å². The minimum Gasteiger partial charge on any atom is -0.433 e. The molecule has 0 aliphatic carbocycles. The van der Waals surface area contributed by atoms with Gasteiger partial charge in [0, 0.05) is 17.7 Å². The molecule has 31 heavy (non-hydrogen) atoms. The van der Waals surface area contributed by atoms with Gasteiger partial charge in [0.1, 0.15) is 16.9 Å². The summed E-state index contributed by atoms with van der Waals surface area (Å²) in [6.45, 7) is 6.64. The van der Waals surface area contributed by atoms with Gasteiger partial charge >= 0.3 is 0 Å². The predicted molar refractivity (Wildman–Crippen MR) is 120 cm³/mol. The molecule has 0 fully saturated rings. The molecule has 5 rings (SSSR count). The standard InChI is InChI=1S/C23H22N4O3S/c1-13-4-6-15(7-5-13)26-18(28)11-31-22-20-19(24-12-25-22)16-8-14-10-29-23(2,3)9-17(14)27-21(16)30-20/h4-8,12H,9-11H2,1-3H3,(H,26,28). The third-order valence-electron chi connectivity index (χ3n) is 5.27. The summed E-state index contributed by atoms with van der Waals surface area (Å²) in [5, 5.41) is 4.36. The number of thioether (sulfide) groups is 1. The molecule has 8 heteroatoms. The zero-order chi connectivity index (χ0) is 21.6. The Kier molecular flexibility index (Phi) is 4.91. The fourth-order valence-electron chi connectivity index (χ4n) is 3.64. The summed E-state index contributed by atoms with van der Waals surface area (Å²) in [6, 6.07) is 9.75. The number of nitrogens with zero attached hydrogens (tertiary/aromatic N) is 3. The molecule has 3 aromatic heterocycles. The van der Waals surface area contributed by atoms with Crippen molar-refractivity contribution < 1.29 is 13.9 Å². The summed E-state index contributed by atoms with van der Waals surface area (Å²) in [5.74, 6) is 0.105. The van der Waals surface area contributed by atoms with Crippen LogP contribution in [-0.2, 0) is 22.6 Å². The lowest BCUT2D eigenvalue weighted by atomic mass is 9.95. The van der Waals surface area contributed by atoms with Gasteiger partial charge in [0.05, 0.1) is 29.0 Å². The second-order valence-electron chi connectivity index (χ2n) is 8.33. The van der Waals surface area contributed by atoms with Crippen molar-refractivity contribution in [3.8, 4) is 0 Å². The van der Waals surface area contributed by atoms with Crippen LogP contribution in [0.4, 0.5) is 5.69 Å². The molecule has 0 saturated carbocycles. The third-order valence-corrected chi connectivity index (χ3v) is 6.24. The normalized spacial score (nSPS) is 15.2. The Morgan fingerprint density at radius 2 is 2.03 bits per heavy atom. The molecule has 0 unspecified atom stereocenters. The van der Waals surface area contributed by atoms with Crippen molar-refractivity contribution in [1.29, 1.82) is 0 Å². The van der Waals surface area contributed by atoms with Gasteiger partial charge in [-0.1, -0.05) is 29.5 Å². The number of carbonyl (C=O) groups is 1. The van der Waals surface area contributed by atoms with E-state index >= 15 is 0 Å². The maximum absolute atomic E-state index is 12.4. The number of carbonyl (C=O) groups excluding carboxylic acids is 1. The molecule has 1 amide bonds. The number of anilines is 1. The molecule has 0 atom stereocenters. The van der Waals surface area contributed by atoms with E-state index in [0.717, 1.165) is 34.3 Å². The Morgan fingerprint density at radius 1 is 1.23 bits per heavy atom. The van der Waals surface area contributed by atoms with Gasteiger partial charge in [-0.15, -0.1) is 0 Å². The average Bonchev–Trinajstić information content (AvgIpc) is 3.09. The monoisotopic (exact) mass is 434 g/mol. The maximum atomic E-state index is 12.4. The Morgan fingerprint density at radius 3 is 2.84 bits per heavy atom. The van der Waals surface area contributed by atoms with Crippen LogP contribution >= 0.6 is 11.8 Å². The van der Waals surface area contributed by atoms with Crippen molar-refractivity contribution in [2.45, 2.75) is 44.4 Å². The second kappa shape index (κ2) is 7.62. The van der Waals surface area contributed by atoms with E-state index in [1.54, 1.807) is 0 Å². The van der Waals surface area contributed by atoms with Gasteiger partial charge in [0.25, 0.3) is 0 Å². The fourth-order valence-corrected chi connectivity index (χ4v) is 4.37. The average molecular weight is 435 g/mol. The van der Waals surface area contributed by atoms with Crippen LogP contribution in [0, 0.1) is 6.92 Å². The number of hydrogen-bond donors (Lipinski definition) is 1. The minimum absolute atomic E-state index is 0.107. The zero-order valence-electron chi connectivity index (χ0n) is 17.6. The van der Waals surface area contributed by atoms with E-state index in [0.29, 0.717) is 28.4 Å². The van der Waals surface area contributed by atoms with Gasteiger partial charge in [0.15, 0.2) is 5.58 Å². The van der Waals surface area contributed by atoms with Crippen LogP contribution in [0.2, 0.25) is 0 Å². The lowest BCUT2D eigenvalue weighted by Gasteiger charge is -2.30. The van der Waals surface area contributed by atoms with Crippen molar-refractivity contribution >= 4 is 45.6 Å². The smallest absolute Gasteiger partial charge is 0.234 e. The number of ether oxygens (including phenoxy) is 1.